The third-order valence-corrected chi connectivity index (χ3v) is 10.6. The zero-order chi connectivity index (χ0) is 41.3. The molecule has 0 radical (unpaired) electrons. The Bertz CT molecular complexity index is 2510. The number of anilines is 1. The third kappa shape index (κ3) is 7.88. The van der Waals surface area contributed by atoms with Gasteiger partial charge in [-0.2, -0.15) is 13.2 Å². The van der Waals surface area contributed by atoms with Gasteiger partial charge in [0, 0.05) is 56.6 Å². The molecule has 1 N–H and O–H groups in total. The summed E-state index contributed by atoms with van der Waals surface area (Å²) in [6, 6.07) is 6.32. The lowest BCUT2D eigenvalue weighted by atomic mass is 9.99. The van der Waals surface area contributed by atoms with E-state index in [0.29, 0.717) is 29.6 Å². The zero-order valence-electron chi connectivity index (χ0n) is 31.6. The van der Waals surface area contributed by atoms with E-state index in [0.717, 1.165) is 34.8 Å². The number of halogens is 4. The summed E-state index contributed by atoms with van der Waals surface area (Å²) in [6.45, 7) is 0.936. The van der Waals surface area contributed by atoms with Gasteiger partial charge in [0.15, 0.2) is 6.61 Å². The summed E-state index contributed by atoms with van der Waals surface area (Å²) < 4.78 is 70.1. The number of carbonyl (C=O) groups is 3. The molecule has 3 aromatic heterocycles. The van der Waals surface area contributed by atoms with Crippen LogP contribution in [0.25, 0.3) is 27.5 Å². The minimum atomic E-state index is -4.67. The molecule has 0 saturated carbocycles. The lowest BCUT2D eigenvalue weighted by Crippen LogP contribution is -2.53. The molecule has 2 aromatic carbocycles. The second-order valence-corrected chi connectivity index (χ2v) is 14.2. The van der Waals surface area contributed by atoms with Gasteiger partial charge < -0.3 is 24.6 Å². The molecule has 2 saturated heterocycles. The number of hydrogen-bond acceptors (Lipinski definition) is 10. The number of esters is 1. The zero-order valence-corrected chi connectivity index (χ0v) is 31.6. The van der Waals surface area contributed by atoms with Crippen LogP contribution >= 0.6 is 0 Å². The number of morpholine rings is 1. The van der Waals surface area contributed by atoms with Crippen molar-refractivity contribution in [2.45, 2.75) is 50.9 Å². The van der Waals surface area contributed by atoms with Crippen LogP contribution in [-0.2, 0) is 32.5 Å². The summed E-state index contributed by atoms with van der Waals surface area (Å²) in [4.78, 5) is 78.9. The number of aryl methyl sites for hydroxylation is 2. The van der Waals surface area contributed by atoms with Crippen molar-refractivity contribution in [2.24, 2.45) is 7.05 Å². The van der Waals surface area contributed by atoms with E-state index in [4.69, 9.17) is 9.47 Å². The quantitative estimate of drug-likeness (QED) is 0.172. The van der Waals surface area contributed by atoms with Crippen LogP contribution in [0.5, 0.6) is 0 Å². The average molecular weight is 806 g/mol. The molecule has 2 fully saturated rings. The summed E-state index contributed by atoms with van der Waals surface area (Å²) in [5.41, 5.74) is -0.789. The first-order chi connectivity index (χ1) is 27.7. The van der Waals surface area contributed by atoms with Gasteiger partial charge in [-0.15, -0.1) is 0 Å². The predicted molar refractivity (Wildman–Crippen MR) is 203 cm³/mol. The van der Waals surface area contributed by atoms with Crippen molar-refractivity contribution in [3.05, 3.63) is 104 Å². The van der Waals surface area contributed by atoms with Gasteiger partial charge >= 0.3 is 17.8 Å². The van der Waals surface area contributed by atoms with Gasteiger partial charge in [0.1, 0.15) is 17.9 Å². The maximum atomic E-state index is 15.9. The Hall–Kier alpha value is -6.17. The number of carbonyl (C=O) groups excluding carboxylic acids is 3. The number of ether oxygens (including phenoxy) is 2. The van der Waals surface area contributed by atoms with Crippen LogP contribution in [0.3, 0.4) is 0 Å². The number of amides is 2. The molecule has 0 unspecified atom stereocenters. The molecule has 7 rings (SSSR count). The summed E-state index contributed by atoms with van der Waals surface area (Å²) in [6.07, 6.45) is 1.92. The molecule has 58 heavy (non-hydrogen) atoms. The number of aromatic nitrogens is 4. The SMILES string of the molecule is Cc1cc(N2CCOC[C@@H]2C(F)(F)F)cc(F)c1C(=O)N[C@@H](Cc1ccc(-n2c(=O)c3ccncc3n(C)c2=O)c2ncccc12)C(=O)OCC(=O)N1CCCCC1. The number of fused-ring (bicyclic) bond motifs is 2. The van der Waals surface area contributed by atoms with Gasteiger partial charge in [0.05, 0.1) is 47.1 Å². The second-order valence-electron chi connectivity index (χ2n) is 14.2. The first-order valence-electron chi connectivity index (χ1n) is 18.6. The first kappa shape index (κ1) is 40.0. The van der Waals surface area contributed by atoms with E-state index in [1.165, 1.54) is 55.3 Å². The Labute approximate surface area is 328 Å². The second kappa shape index (κ2) is 16.4. The van der Waals surface area contributed by atoms with Crippen LogP contribution in [0.4, 0.5) is 23.2 Å². The molecule has 0 spiro atoms. The molecule has 5 aromatic rings. The van der Waals surface area contributed by atoms with Crippen LogP contribution in [0.2, 0.25) is 0 Å². The fourth-order valence-corrected chi connectivity index (χ4v) is 7.56. The van der Waals surface area contributed by atoms with Crippen molar-refractivity contribution < 1.29 is 41.4 Å². The maximum absolute atomic E-state index is 15.9. The highest BCUT2D eigenvalue weighted by molar-refractivity contribution is 5.99. The summed E-state index contributed by atoms with van der Waals surface area (Å²) in [5, 5.41) is 3.16. The Balaban J connectivity index is 1.23. The largest absolute Gasteiger partial charge is 0.454 e. The van der Waals surface area contributed by atoms with E-state index in [9.17, 15) is 37.1 Å². The third-order valence-electron chi connectivity index (χ3n) is 10.6. The number of rotatable bonds is 9. The molecular formula is C40H39F4N7O7. The van der Waals surface area contributed by atoms with Crippen LogP contribution in [-0.4, -0.2) is 99.5 Å². The van der Waals surface area contributed by atoms with E-state index in [2.05, 4.69) is 15.3 Å². The molecule has 2 aliphatic heterocycles. The van der Waals surface area contributed by atoms with E-state index in [1.54, 1.807) is 23.1 Å². The molecule has 14 nitrogen and oxygen atoms in total. The maximum Gasteiger partial charge on any atom is 0.411 e. The summed E-state index contributed by atoms with van der Waals surface area (Å²) >= 11 is 0. The van der Waals surface area contributed by atoms with E-state index >= 15 is 4.39 Å². The Morgan fingerprint density at radius 1 is 1.02 bits per heavy atom. The normalized spacial score (nSPS) is 16.7. The lowest BCUT2D eigenvalue weighted by Gasteiger charge is -2.38. The highest BCUT2D eigenvalue weighted by Crippen LogP contribution is 2.33. The van der Waals surface area contributed by atoms with Gasteiger partial charge in [0.2, 0.25) is 0 Å². The Morgan fingerprint density at radius 3 is 2.53 bits per heavy atom. The highest BCUT2D eigenvalue weighted by atomic mass is 19.4. The minimum Gasteiger partial charge on any atom is -0.454 e. The van der Waals surface area contributed by atoms with Crippen molar-refractivity contribution >= 4 is 45.3 Å². The van der Waals surface area contributed by atoms with Gasteiger partial charge in [-0.05, 0) is 67.6 Å². The smallest absolute Gasteiger partial charge is 0.411 e. The predicted octanol–water partition coefficient (Wildman–Crippen LogP) is 3.74. The minimum absolute atomic E-state index is 0.00417. The van der Waals surface area contributed by atoms with Crippen molar-refractivity contribution in [1.82, 2.24) is 29.3 Å². The number of pyridine rings is 2. The Kier molecular flexibility index (Phi) is 11.3. The number of hydrogen-bond donors (Lipinski definition) is 1. The fourth-order valence-electron chi connectivity index (χ4n) is 7.56. The number of nitrogens with one attached hydrogen (secondary N) is 1. The van der Waals surface area contributed by atoms with Crippen LogP contribution in [0.1, 0.15) is 40.7 Å². The van der Waals surface area contributed by atoms with E-state index in [1.807, 2.05) is 0 Å². The number of nitrogens with zero attached hydrogens (tertiary/aromatic N) is 6. The average Bonchev–Trinajstić information content (AvgIpc) is 3.22. The summed E-state index contributed by atoms with van der Waals surface area (Å²) in [7, 11) is 1.50. The molecule has 2 amide bonds. The number of piperidine rings is 1. The molecule has 0 bridgehead atoms. The van der Waals surface area contributed by atoms with Gasteiger partial charge in [-0.25, -0.2) is 18.5 Å². The van der Waals surface area contributed by atoms with E-state index < -0.39 is 71.9 Å². The van der Waals surface area contributed by atoms with Crippen LogP contribution in [0, 0.1) is 12.7 Å². The topological polar surface area (TPSA) is 158 Å². The number of likely N-dealkylation sites (tertiary alicyclic amines) is 1. The van der Waals surface area contributed by atoms with Crippen molar-refractivity contribution in [3.8, 4) is 5.69 Å². The van der Waals surface area contributed by atoms with Gasteiger partial charge in [0.25, 0.3) is 17.4 Å². The molecule has 304 valence electrons. The lowest BCUT2D eigenvalue weighted by molar-refractivity contribution is -0.167. The van der Waals surface area contributed by atoms with E-state index in [-0.39, 0.29) is 47.4 Å². The molecule has 0 aliphatic carbocycles. The van der Waals surface area contributed by atoms with Crippen molar-refractivity contribution in [2.75, 3.05) is 44.4 Å². The fraction of sp³-hybridized carbons (Fsp3) is 0.375. The number of alkyl halides is 3. The van der Waals surface area contributed by atoms with Gasteiger partial charge in [-0.1, -0.05) is 12.1 Å². The first-order valence-corrected chi connectivity index (χ1v) is 18.6. The van der Waals surface area contributed by atoms with Gasteiger partial charge in [-0.3, -0.25) is 28.9 Å². The standard InChI is InChI=1S/C40H39F4N7O7/c1-23-17-25(50-15-16-57-21-32(50)40(42,43)44)19-28(41)34(23)36(53)47-29(38(55)58-22-33(52)49-13-4-3-5-14-49)18-24-8-9-30(35-26(24)7-6-11-46-35)51-37(54)27-10-12-45-20-31(27)48(2)39(51)56/h6-12,17,19-20,29,32H,3-5,13-16,18,21-22H2,1-2H3,(H,47,53)/t29-,32+/m0/s1. The number of benzene rings is 2. The van der Waals surface area contributed by atoms with Crippen molar-refractivity contribution in [1.29, 1.82) is 0 Å². The van der Waals surface area contributed by atoms with Crippen LogP contribution in [0.15, 0.2) is 70.6 Å². The summed E-state index contributed by atoms with van der Waals surface area (Å²) in [5.74, 6) is -3.61. The van der Waals surface area contributed by atoms with Crippen LogP contribution < -0.4 is 21.5 Å². The Morgan fingerprint density at radius 2 is 1.79 bits per heavy atom. The molecule has 2 atom stereocenters. The molecule has 2 aliphatic rings. The van der Waals surface area contributed by atoms with Crippen molar-refractivity contribution in [3.63, 3.8) is 0 Å². The highest BCUT2D eigenvalue weighted by Gasteiger charge is 2.46. The molecule has 18 heteroatoms. The molecular weight excluding hydrogens is 766 g/mol. The monoisotopic (exact) mass is 805 g/mol. The molecule has 5 heterocycles.